The van der Waals surface area contributed by atoms with Crippen LogP contribution in [-0.4, -0.2) is 67.8 Å². The fourth-order valence-corrected chi connectivity index (χ4v) is 9.47. The quantitative estimate of drug-likeness (QED) is 0.0423. The number of nitrogens with one attached hydrogen (secondary N) is 1. The van der Waals surface area contributed by atoms with E-state index in [4.69, 9.17) is 20.6 Å². The summed E-state index contributed by atoms with van der Waals surface area (Å²) in [4.78, 5) is 70.5. The van der Waals surface area contributed by atoms with Crippen LogP contribution in [-0.2, 0) is 14.4 Å². The van der Waals surface area contributed by atoms with Crippen LogP contribution in [0, 0.1) is 24.6 Å². The molecule has 4 heterocycles. The number of fused-ring (bicyclic) bond motifs is 2. The molecule has 3 aliphatic rings. The lowest BCUT2D eigenvalue weighted by atomic mass is 9.88. The Morgan fingerprint density at radius 2 is 1.71 bits per heavy atom. The molecule has 1 aliphatic carbocycles. The number of rotatable bonds is 16. The molecule has 1 fully saturated rings. The highest BCUT2D eigenvalue weighted by molar-refractivity contribution is 7.99. The lowest BCUT2D eigenvalue weighted by molar-refractivity contribution is -0.136. The molecule has 2 atom stereocenters. The van der Waals surface area contributed by atoms with Crippen molar-refractivity contribution in [3.8, 4) is 22.8 Å². The second kappa shape index (κ2) is 18.9. The van der Waals surface area contributed by atoms with Gasteiger partial charge < -0.3 is 15.4 Å². The second-order valence-electron chi connectivity index (χ2n) is 16.3. The van der Waals surface area contributed by atoms with Gasteiger partial charge in [-0.3, -0.25) is 29.3 Å². The van der Waals surface area contributed by atoms with Gasteiger partial charge in [0.05, 0.1) is 29.1 Å². The van der Waals surface area contributed by atoms with E-state index in [1.54, 1.807) is 12.3 Å². The van der Waals surface area contributed by atoms with Crippen molar-refractivity contribution in [3.63, 3.8) is 0 Å². The van der Waals surface area contributed by atoms with Crippen LogP contribution in [0.3, 0.4) is 0 Å². The summed E-state index contributed by atoms with van der Waals surface area (Å²) in [5.74, 6) is -1.51. The number of imide groups is 1. The van der Waals surface area contributed by atoms with Gasteiger partial charge in [0, 0.05) is 53.2 Å². The number of ether oxygens (including phenoxy) is 1. The topological polar surface area (TPSA) is 167 Å². The molecular formula is C48H49FN6O6S. The van der Waals surface area contributed by atoms with Gasteiger partial charge in [-0.15, -0.1) is 11.8 Å². The molecule has 12 nitrogen and oxygen atoms in total. The van der Waals surface area contributed by atoms with Crippen molar-refractivity contribution >= 4 is 63.5 Å². The average Bonchev–Trinajstić information content (AvgIpc) is 3.78. The molecule has 320 valence electrons. The first kappa shape index (κ1) is 42.5. The maximum atomic E-state index is 15.2. The minimum atomic E-state index is -1.01. The number of halogens is 1. The molecule has 8 rings (SSSR count). The van der Waals surface area contributed by atoms with Crippen LogP contribution >= 0.6 is 11.8 Å². The Morgan fingerprint density at radius 1 is 0.952 bits per heavy atom. The summed E-state index contributed by atoms with van der Waals surface area (Å²) in [5.41, 5.74) is 11.2. The number of anilines is 1. The number of thioether (sulfide) groups is 1. The Morgan fingerprint density at radius 3 is 2.50 bits per heavy atom. The predicted molar refractivity (Wildman–Crippen MR) is 236 cm³/mol. The largest absolute Gasteiger partial charge is 0.457 e. The van der Waals surface area contributed by atoms with Gasteiger partial charge in [0.25, 0.3) is 0 Å². The zero-order valence-electron chi connectivity index (χ0n) is 34.7. The predicted octanol–water partition coefficient (Wildman–Crippen LogP) is 8.95. The van der Waals surface area contributed by atoms with Crippen LogP contribution in [0.1, 0.15) is 96.9 Å². The summed E-state index contributed by atoms with van der Waals surface area (Å²) >= 11 is 1.45. The monoisotopic (exact) mass is 856 g/mol. The molecule has 0 spiro atoms. The molecule has 2 aliphatic heterocycles. The van der Waals surface area contributed by atoms with Gasteiger partial charge in [-0.2, -0.15) is 5.10 Å². The third kappa shape index (κ3) is 9.20. The highest BCUT2D eigenvalue weighted by atomic mass is 32.2. The Hall–Kier alpha value is -6.15. The van der Waals surface area contributed by atoms with Gasteiger partial charge >= 0.3 is 0 Å². The minimum Gasteiger partial charge on any atom is -0.457 e. The van der Waals surface area contributed by atoms with Crippen LogP contribution < -0.4 is 15.8 Å². The smallest absolute Gasteiger partial charge is 0.229 e. The summed E-state index contributed by atoms with van der Waals surface area (Å²) in [5, 5.41) is 8.11. The highest BCUT2D eigenvalue weighted by Crippen LogP contribution is 2.38. The zero-order chi connectivity index (χ0) is 43.3. The van der Waals surface area contributed by atoms with E-state index in [-0.39, 0.29) is 48.1 Å². The molecule has 3 N–H and O–H groups in total. The van der Waals surface area contributed by atoms with E-state index in [0.717, 1.165) is 65.8 Å². The third-order valence-electron chi connectivity index (χ3n) is 12.0. The molecule has 3 aromatic carbocycles. The number of unbranched alkanes of at least 4 members (excludes halogenated alkanes) is 4. The van der Waals surface area contributed by atoms with E-state index in [2.05, 4.69) is 11.4 Å². The van der Waals surface area contributed by atoms with E-state index >= 15 is 4.39 Å². The summed E-state index contributed by atoms with van der Waals surface area (Å²) in [6, 6.07) is 20.3. The van der Waals surface area contributed by atoms with E-state index < -0.39 is 29.2 Å². The fraction of sp³-hybridized carbons (Fsp3) is 0.354. The Balaban J connectivity index is 0.793. The first-order valence-corrected chi connectivity index (χ1v) is 22.4. The molecule has 2 unspecified atom stereocenters. The first-order valence-electron chi connectivity index (χ1n) is 21.4. The number of pyridine rings is 1. The van der Waals surface area contributed by atoms with E-state index in [9.17, 15) is 24.0 Å². The number of nitrogen functional groups attached to an aromatic ring is 1. The van der Waals surface area contributed by atoms with Gasteiger partial charge in [0.1, 0.15) is 23.0 Å². The summed E-state index contributed by atoms with van der Waals surface area (Å²) in [6.07, 6.45) is 10.5. The van der Waals surface area contributed by atoms with Crippen LogP contribution in [0.2, 0.25) is 0 Å². The summed E-state index contributed by atoms with van der Waals surface area (Å²) < 4.78 is 23.0. The lowest BCUT2D eigenvalue weighted by Gasteiger charge is -2.27. The van der Waals surface area contributed by atoms with Crippen molar-refractivity contribution in [1.82, 2.24) is 25.0 Å². The molecule has 3 amide bonds. The molecule has 14 heteroatoms. The zero-order valence-corrected chi connectivity index (χ0v) is 35.5. The number of ketones is 2. The summed E-state index contributed by atoms with van der Waals surface area (Å²) in [6.45, 7) is 2.98. The molecule has 0 saturated carbocycles. The molecule has 62 heavy (non-hydrogen) atoms. The molecule has 5 aromatic rings. The number of benzene rings is 3. The number of Topliss-reactive ketones (excluding diaryl/α,β-unsaturated/α-hetero) is 2. The number of para-hydroxylation sites is 1. The number of carbonyl (C=O) groups is 5. The van der Waals surface area contributed by atoms with Gasteiger partial charge in [-0.05, 0) is 105 Å². The van der Waals surface area contributed by atoms with E-state index in [1.807, 2.05) is 71.1 Å². The SMILES string of the molecule is Cc1cnc2c(c(-c3ccc(Oc4ccccc4)cc3)nn2C2=CCCN(C(=O)CCCCCCCSc3cc(F)c4c(c3)C(=O)C(CCC3CCC(=O)NC3=O)C4=O)C2)c1N. The van der Waals surface area contributed by atoms with Crippen molar-refractivity contribution < 1.29 is 33.1 Å². The standard InChI is InChI=1S/C48H49FN6O6S/c1-29-27-51-47-42(43(29)50)44(30-15-19-34(20-16-30)61-33-12-6-5-7-13-33)53-55(47)32-11-10-23-54(28-32)40(57)14-8-3-2-4-9-24-62-35-25-37-41(38(49)26-35)46(59)36(45(37)58)21-17-31-18-22-39(56)52-48(31)60/h5-7,11-13,15-16,19-20,25-27,31,36H,2-4,8-10,14,17-18,21-24,28H2,1H3,(H2,50,51)(H,52,56,60). The van der Waals surface area contributed by atoms with Gasteiger partial charge in [-0.25, -0.2) is 14.1 Å². The van der Waals surface area contributed by atoms with Crippen molar-refractivity contribution in [2.45, 2.75) is 82.4 Å². The van der Waals surface area contributed by atoms with E-state index in [0.29, 0.717) is 60.0 Å². The Kier molecular flexibility index (Phi) is 12.9. The van der Waals surface area contributed by atoms with Crippen molar-refractivity contribution in [3.05, 3.63) is 102 Å². The number of aromatic nitrogens is 3. The average molecular weight is 857 g/mol. The number of hydrogen-bond acceptors (Lipinski definition) is 10. The molecular weight excluding hydrogens is 808 g/mol. The highest BCUT2D eigenvalue weighted by Gasteiger charge is 2.41. The molecule has 1 saturated heterocycles. The van der Waals surface area contributed by atoms with Crippen LogP contribution in [0.25, 0.3) is 28.0 Å². The number of carbonyl (C=O) groups excluding carboxylic acids is 5. The second-order valence-corrected chi connectivity index (χ2v) is 17.4. The number of hydrogen-bond donors (Lipinski definition) is 2. The maximum absolute atomic E-state index is 15.2. The molecule has 0 radical (unpaired) electrons. The summed E-state index contributed by atoms with van der Waals surface area (Å²) in [7, 11) is 0. The van der Waals surface area contributed by atoms with Crippen molar-refractivity contribution in [1.29, 1.82) is 0 Å². The number of piperidine rings is 1. The number of nitrogens with two attached hydrogens (primary N) is 1. The maximum Gasteiger partial charge on any atom is 0.229 e. The Labute approximate surface area is 363 Å². The van der Waals surface area contributed by atoms with Crippen LogP contribution in [0.5, 0.6) is 11.5 Å². The van der Waals surface area contributed by atoms with Gasteiger partial charge in [0.2, 0.25) is 17.7 Å². The number of aryl methyl sites for hydroxylation is 1. The number of nitrogens with zero attached hydrogens (tertiary/aromatic N) is 4. The van der Waals surface area contributed by atoms with E-state index in [1.165, 1.54) is 17.8 Å². The fourth-order valence-electron chi connectivity index (χ4n) is 8.49. The van der Waals surface area contributed by atoms with Crippen LogP contribution in [0.15, 0.2) is 83.9 Å². The van der Waals surface area contributed by atoms with Crippen molar-refractivity contribution in [2.75, 3.05) is 24.6 Å². The Bertz CT molecular complexity index is 2570. The van der Waals surface area contributed by atoms with Gasteiger partial charge in [0.15, 0.2) is 17.2 Å². The molecule has 0 bridgehead atoms. The third-order valence-corrected chi connectivity index (χ3v) is 13.0. The molecule has 2 aromatic heterocycles. The normalized spacial score (nSPS) is 17.6. The lowest BCUT2D eigenvalue weighted by Crippen LogP contribution is -2.40. The van der Waals surface area contributed by atoms with Gasteiger partial charge in [-0.1, -0.05) is 43.5 Å². The number of amides is 3. The minimum absolute atomic E-state index is 0.102. The first-order chi connectivity index (χ1) is 30.0. The van der Waals surface area contributed by atoms with Crippen molar-refractivity contribution in [2.24, 2.45) is 11.8 Å². The van der Waals surface area contributed by atoms with Crippen LogP contribution in [0.4, 0.5) is 10.1 Å².